The van der Waals surface area contributed by atoms with Gasteiger partial charge in [0.1, 0.15) is 0 Å². The van der Waals surface area contributed by atoms with Gasteiger partial charge >= 0.3 is 0 Å². The van der Waals surface area contributed by atoms with Gasteiger partial charge in [-0.15, -0.1) is 0 Å². The fraction of sp³-hybridized carbons (Fsp3) is 0.167. The third kappa shape index (κ3) is 3.46. The average molecular weight is 354 g/mol. The molecule has 0 aliphatic heterocycles. The highest BCUT2D eigenvalue weighted by Gasteiger charge is 2.10. The molecule has 0 amide bonds. The quantitative estimate of drug-likeness (QED) is 0.559. The Hall–Kier alpha value is -2.93. The molecular formula is C18H18N4O2S. The second-order valence-corrected chi connectivity index (χ2v) is 5.75. The van der Waals surface area contributed by atoms with Gasteiger partial charge in [-0.1, -0.05) is 29.8 Å². The molecule has 1 N–H and O–H groups in total. The van der Waals surface area contributed by atoms with E-state index in [1.807, 2.05) is 49.4 Å². The van der Waals surface area contributed by atoms with E-state index in [0.717, 1.165) is 16.7 Å². The summed E-state index contributed by atoms with van der Waals surface area (Å²) in [4.78, 5) is 0. The van der Waals surface area contributed by atoms with Gasteiger partial charge < -0.3 is 9.47 Å². The zero-order valence-electron chi connectivity index (χ0n) is 14.2. The molecule has 0 bridgehead atoms. The molecule has 0 spiro atoms. The number of aromatic amines is 1. The van der Waals surface area contributed by atoms with Crippen LogP contribution in [0.25, 0.3) is 11.4 Å². The molecule has 128 valence electrons. The van der Waals surface area contributed by atoms with E-state index in [4.69, 9.17) is 21.7 Å². The van der Waals surface area contributed by atoms with Crippen LogP contribution < -0.4 is 9.47 Å². The second kappa shape index (κ2) is 7.31. The van der Waals surface area contributed by atoms with E-state index < -0.39 is 0 Å². The third-order valence-corrected chi connectivity index (χ3v) is 3.94. The van der Waals surface area contributed by atoms with Gasteiger partial charge in [0.25, 0.3) is 0 Å². The van der Waals surface area contributed by atoms with E-state index in [-0.39, 0.29) is 0 Å². The molecule has 0 aliphatic rings. The van der Waals surface area contributed by atoms with Gasteiger partial charge in [0.05, 0.1) is 20.4 Å². The highest BCUT2D eigenvalue weighted by Crippen LogP contribution is 2.29. The summed E-state index contributed by atoms with van der Waals surface area (Å²) in [6, 6.07) is 13.6. The summed E-state index contributed by atoms with van der Waals surface area (Å²) in [6.45, 7) is 2.03. The zero-order valence-corrected chi connectivity index (χ0v) is 15.0. The summed E-state index contributed by atoms with van der Waals surface area (Å²) in [6.07, 6.45) is 1.67. The van der Waals surface area contributed by atoms with Crippen molar-refractivity contribution in [3.8, 4) is 22.9 Å². The molecule has 0 saturated heterocycles. The first-order chi connectivity index (χ1) is 12.1. The van der Waals surface area contributed by atoms with Crippen molar-refractivity contribution in [2.75, 3.05) is 14.2 Å². The van der Waals surface area contributed by atoms with Crippen molar-refractivity contribution in [2.24, 2.45) is 5.10 Å². The second-order valence-electron chi connectivity index (χ2n) is 5.36. The molecule has 6 nitrogen and oxygen atoms in total. The third-order valence-electron chi connectivity index (χ3n) is 3.67. The number of aryl methyl sites for hydroxylation is 1. The zero-order chi connectivity index (χ0) is 17.8. The van der Waals surface area contributed by atoms with E-state index in [1.165, 1.54) is 0 Å². The van der Waals surface area contributed by atoms with Crippen molar-refractivity contribution in [3.05, 3.63) is 58.4 Å². The van der Waals surface area contributed by atoms with Crippen molar-refractivity contribution >= 4 is 18.4 Å². The fourth-order valence-electron chi connectivity index (χ4n) is 2.50. The first kappa shape index (κ1) is 16.9. The first-order valence-corrected chi connectivity index (χ1v) is 8.04. The maximum atomic E-state index is 5.42. The maximum absolute atomic E-state index is 5.42. The molecule has 7 heteroatoms. The summed E-state index contributed by atoms with van der Waals surface area (Å²) in [7, 11) is 3.19. The summed E-state index contributed by atoms with van der Waals surface area (Å²) < 4.78 is 12.7. The molecular weight excluding hydrogens is 336 g/mol. The van der Waals surface area contributed by atoms with Crippen LogP contribution in [0.1, 0.15) is 11.1 Å². The minimum absolute atomic E-state index is 0.412. The number of rotatable bonds is 5. The number of hydrogen-bond donors (Lipinski definition) is 1. The van der Waals surface area contributed by atoms with Crippen LogP contribution in [0.4, 0.5) is 0 Å². The summed E-state index contributed by atoms with van der Waals surface area (Å²) in [5.41, 5.74) is 2.85. The number of aromatic nitrogens is 3. The topological polar surface area (TPSA) is 64.4 Å². The van der Waals surface area contributed by atoms with Crippen molar-refractivity contribution in [3.63, 3.8) is 0 Å². The molecule has 0 radical (unpaired) electrons. The molecule has 0 saturated carbocycles. The van der Waals surface area contributed by atoms with E-state index in [1.54, 1.807) is 25.1 Å². The monoisotopic (exact) mass is 354 g/mol. The van der Waals surface area contributed by atoms with Crippen LogP contribution in [0.15, 0.2) is 47.6 Å². The van der Waals surface area contributed by atoms with Crippen LogP contribution in [-0.2, 0) is 0 Å². The van der Waals surface area contributed by atoms with Crippen molar-refractivity contribution in [2.45, 2.75) is 6.92 Å². The normalized spacial score (nSPS) is 11.0. The Morgan fingerprint density at radius 2 is 1.96 bits per heavy atom. The fourth-order valence-corrected chi connectivity index (χ4v) is 2.68. The van der Waals surface area contributed by atoms with Gasteiger partial charge in [-0.2, -0.15) is 14.9 Å². The Bertz CT molecular complexity index is 975. The van der Waals surface area contributed by atoms with E-state index in [2.05, 4.69) is 15.3 Å². The van der Waals surface area contributed by atoms with Crippen LogP contribution in [0.5, 0.6) is 11.5 Å². The van der Waals surface area contributed by atoms with Gasteiger partial charge in [-0.25, -0.2) is 5.10 Å². The highest BCUT2D eigenvalue weighted by molar-refractivity contribution is 7.71. The lowest BCUT2D eigenvalue weighted by molar-refractivity contribution is 0.354. The largest absolute Gasteiger partial charge is 0.493 e. The molecule has 1 aromatic heterocycles. The molecule has 0 aliphatic carbocycles. The Morgan fingerprint density at radius 1 is 1.16 bits per heavy atom. The van der Waals surface area contributed by atoms with Crippen molar-refractivity contribution in [1.29, 1.82) is 0 Å². The minimum Gasteiger partial charge on any atom is -0.493 e. The smallest absolute Gasteiger partial charge is 0.216 e. The Kier molecular flexibility index (Phi) is 4.95. The Balaban J connectivity index is 2.04. The van der Waals surface area contributed by atoms with Gasteiger partial charge in [-0.05, 0) is 37.3 Å². The number of methoxy groups -OCH3 is 2. The minimum atomic E-state index is 0.412. The molecule has 0 fully saturated rings. The first-order valence-electron chi connectivity index (χ1n) is 7.64. The standard InChI is InChI=1S/C18H18N4O2S/c1-12-6-4-7-13(10-12)17-20-21-18(25)22(17)19-11-14-8-5-9-15(23-2)16(14)24-3/h4-11H,1-3H3,(H,21,25)/b19-11+. The average Bonchev–Trinajstić information content (AvgIpc) is 3.00. The maximum Gasteiger partial charge on any atom is 0.216 e. The van der Waals surface area contributed by atoms with Crippen LogP contribution in [-0.4, -0.2) is 35.3 Å². The number of nitrogens with one attached hydrogen (secondary N) is 1. The van der Waals surface area contributed by atoms with E-state index in [9.17, 15) is 0 Å². The molecule has 25 heavy (non-hydrogen) atoms. The molecule has 0 atom stereocenters. The van der Waals surface area contributed by atoms with Crippen molar-refractivity contribution in [1.82, 2.24) is 14.9 Å². The number of nitrogens with zero attached hydrogens (tertiary/aromatic N) is 3. The molecule has 3 rings (SSSR count). The molecule has 1 heterocycles. The van der Waals surface area contributed by atoms with Gasteiger partial charge in [0.2, 0.25) is 4.77 Å². The number of para-hydroxylation sites is 1. The summed E-state index contributed by atoms with van der Waals surface area (Å²) >= 11 is 5.31. The predicted octanol–water partition coefficient (Wildman–Crippen LogP) is 3.82. The van der Waals surface area contributed by atoms with Gasteiger partial charge in [-0.3, -0.25) is 0 Å². The van der Waals surface area contributed by atoms with Crippen LogP contribution in [0.3, 0.4) is 0 Å². The lowest BCUT2D eigenvalue weighted by Gasteiger charge is -2.09. The number of hydrogen-bond acceptors (Lipinski definition) is 5. The van der Waals surface area contributed by atoms with Crippen LogP contribution in [0, 0.1) is 11.7 Å². The van der Waals surface area contributed by atoms with Gasteiger partial charge in [0, 0.05) is 11.1 Å². The number of ether oxygens (including phenoxy) is 2. The summed E-state index contributed by atoms with van der Waals surface area (Å²) in [5, 5.41) is 11.6. The lowest BCUT2D eigenvalue weighted by Crippen LogP contribution is -1.98. The molecule has 0 unspecified atom stereocenters. The van der Waals surface area contributed by atoms with Crippen molar-refractivity contribution < 1.29 is 9.47 Å². The predicted molar refractivity (Wildman–Crippen MR) is 100 cm³/mol. The lowest BCUT2D eigenvalue weighted by atomic mass is 10.1. The molecule has 2 aromatic carbocycles. The molecule has 3 aromatic rings. The number of H-pyrrole nitrogens is 1. The van der Waals surface area contributed by atoms with E-state index in [0.29, 0.717) is 22.1 Å². The SMILES string of the molecule is COc1cccc(/C=N/n2c(-c3cccc(C)c3)n[nH]c2=S)c1OC. The van der Waals surface area contributed by atoms with Gasteiger partial charge in [0.15, 0.2) is 17.3 Å². The van der Waals surface area contributed by atoms with Crippen LogP contribution in [0.2, 0.25) is 0 Å². The Morgan fingerprint density at radius 3 is 2.68 bits per heavy atom. The summed E-state index contributed by atoms with van der Waals surface area (Å²) in [5.74, 6) is 1.90. The Labute approximate surface area is 150 Å². The van der Waals surface area contributed by atoms with E-state index >= 15 is 0 Å². The number of benzene rings is 2. The highest BCUT2D eigenvalue weighted by atomic mass is 32.1. The van der Waals surface area contributed by atoms with Crippen LogP contribution >= 0.6 is 12.2 Å².